The van der Waals surface area contributed by atoms with Crippen LogP contribution in [0.2, 0.25) is 0 Å². The van der Waals surface area contributed by atoms with Crippen molar-refractivity contribution in [3.8, 4) is 11.4 Å². The Morgan fingerprint density at radius 2 is 1.70 bits per heavy atom. The number of alkyl halides is 2. The minimum absolute atomic E-state index is 0.0274. The monoisotopic (exact) mass is 488 g/mol. The standard InChI is InChI=1S/C22H15BrF2N2O2S/c23-15-7-5-14(6-8-15)13-30-22-26-19-4-2-1-3-18(19)20(28)27(22)16-9-11-17(12-10-16)29-21(24)25/h1-12,21H,13H2. The van der Waals surface area contributed by atoms with E-state index in [4.69, 9.17) is 0 Å². The summed E-state index contributed by atoms with van der Waals surface area (Å²) in [4.78, 5) is 17.9. The second kappa shape index (κ2) is 8.97. The van der Waals surface area contributed by atoms with Gasteiger partial charge in [-0.3, -0.25) is 9.36 Å². The van der Waals surface area contributed by atoms with E-state index in [9.17, 15) is 13.6 Å². The average Bonchev–Trinajstić information content (AvgIpc) is 2.74. The Morgan fingerprint density at radius 3 is 2.40 bits per heavy atom. The molecule has 0 aliphatic heterocycles. The number of para-hydroxylation sites is 1. The van der Waals surface area contributed by atoms with Gasteiger partial charge in [0, 0.05) is 10.2 Å². The number of hydrogen-bond acceptors (Lipinski definition) is 4. The number of hydrogen-bond donors (Lipinski definition) is 0. The van der Waals surface area contributed by atoms with Crippen LogP contribution in [0.1, 0.15) is 5.56 Å². The quantitative estimate of drug-likeness (QED) is 0.245. The lowest BCUT2D eigenvalue weighted by atomic mass is 10.2. The van der Waals surface area contributed by atoms with E-state index in [2.05, 4.69) is 25.7 Å². The first-order chi connectivity index (χ1) is 14.5. The number of aromatic nitrogens is 2. The molecular formula is C22H15BrF2N2O2S. The van der Waals surface area contributed by atoms with E-state index in [1.54, 1.807) is 30.3 Å². The molecule has 4 aromatic rings. The molecule has 1 aromatic heterocycles. The van der Waals surface area contributed by atoms with Gasteiger partial charge >= 0.3 is 6.61 Å². The minimum atomic E-state index is -2.90. The van der Waals surface area contributed by atoms with Crippen LogP contribution >= 0.6 is 27.7 Å². The van der Waals surface area contributed by atoms with Crippen molar-refractivity contribution in [3.63, 3.8) is 0 Å². The van der Waals surface area contributed by atoms with Gasteiger partial charge < -0.3 is 4.74 Å². The zero-order chi connectivity index (χ0) is 21.1. The van der Waals surface area contributed by atoms with Crippen molar-refractivity contribution in [1.29, 1.82) is 0 Å². The summed E-state index contributed by atoms with van der Waals surface area (Å²) in [6.07, 6.45) is 0. The topological polar surface area (TPSA) is 44.1 Å². The Labute approximate surface area is 183 Å². The van der Waals surface area contributed by atoms with Crippen LogP contribution < -0.4 is 10.3 Å². The van der Waals surface area contributed by atoms with E-state index in [1.807, 2.05) is 30.3 Å². The average molecular weight is 489 g/mol. The highest BCUT2D eigenvalue weighted by Crippen LogP contribution is 2.26. The molecule has 0 amide bonds. The molecule has 0 saturated heterocycles. The SMILES string of the molecule is O=c1c2ccccc2nc(SCc2ccc(Br)cc2)n1-c1ccc(OC(F)F)cc1. The fourth-order valence-electron chi connectivity index (χ4n) is 2.94. The van der Waals surface area contributed by atoms with Crippen molar-refractivity contribution in [2.75, 3.05) is 0 Å². The number of halogens is 3. The zero-order valence-electron chi connectivity index (χ0n) is 15.5. The van der Waals surface area contributed by atoms with Crippen molar-refractivity contribution < 1.29 is 13.5 Å². The summed E-state index contributed by atoms with van der Waals surface area (Å²) in [6, 6.07) is 21.0. The molecular weight excluding hydrogens is 474 g/mol. The smallest absolute Gasteiger partial charge is 0.387 e. The number of rotatable bonds is 6. The maximum atomic E-state index is 13.2. The molecule has 0 aliphatic carbocycles. The molecule has 4 nitrogen and oxygen atoms in total. The third-order valence-electron chi connectivity index (χ3n) is 4.35. The van der Waals surface area contributed by atoms with Gasteiger partial charge in [0.05, 0.1) is 16.6 Å². The van der Waals surface area contributed by atoms with Crippen LogP contribution in [0.5, 0.6) is 5.75 Å². The number of nitrogens with zero attached hydrogens (tertiary/aromatic N) is 2. The molecule has 152 valence electrons. The van der Waals surface area contributed by atoms with Crippen molar-refractivity contribution in [2.45, 2.75) is 17.5 Å². The molecule has 0 bridgehead atoms. The Hall–Kier alpha value is -2.71. The van der Waals surface area contributed by atoms with Crippen LogP contribution in [0.3, 0.4) is 0 Å². The Morgan fingerprint density at radius 1 is 1.00 bits per heavy atom. The Kier molecular flexibility index (Phi) is 6.15. The Balaban J connectivity index is 1.76. The van der Waals surface area contributed by atoms with Gasteiger partial charge in [0.1, 0.15) is 5.75 Å². The van der Waals surface area contributed by atoms with Crippen LogP contribution in [0, 0.1) is 0 Å². The molecule has 0 atom stereocenters. The summed E-state index contributed by atoms with van der Waals surface area (Å²) < 4.78 is 31.8. The van der Waals surface area contributed by atoms with Crippen molar-refractivity contribution >= 4 is 38.6 Å². The first-order valence-electron chi connectivity index (χ1n) is 8.95. The third kappa shape index (κ3) is 4.55. The molecule has 0 aliphatic rings. The van der Waals surface area contributed by atoms with Crippen molar-refractivity contribution in [1.82, 2.24) is 9.55 Å². The lowest BCUT2D eigenvalue weighted by Gasteiger charge is -2.14. The molecule has 30 heavy (non-hydrogen) atoms. The maximum Gasteiger partial charge on any atom is 0.387 e. The van der Waals surface area contributed by atoms with Gasteiger partial charge in [-0.2, -0.15) is 8.78 Å². The number of benzene rings is 3. The highest BCUT2D eigenvalue weighted by molar-refractivity contribution is 9.10. The normalized spacial score (nSPS) is 11.2. The summed E-state index contributed by atoms with van der Waals surface area (Å²) in [5, 5.41) is 1.00. The highest BCUT2D eigenvalue weighted by atomic mass is 79.9. The molecule has 3 aromatic carbocycles. The number of fused-ring (bicyclic) bond motifs is 1. The largest absolute Gasteiger partial charge is 0.435 e. The molecule has 0 saturated carbocycles. The van der Waals surface area contributed by atoms with Gasteiger partial charge in [-0.1, -0.05) is 52.0 Å². The van der Waals surface area contributed by atoms with E-state index in [0.29, 0.717) is 27.5 Å². The molecule has 1 heterocycles. The zero-order valence-corrected chi connectivity index (χ0v) is 17.9. The minimum Gasteiger partial charge on any atom is -0.435 e. The van der Waals surface area contributed by atoms with Gasteiger partial charge in [0.2, 0.25) is 0 Å². The van der Waals surface area contributed by atoms with Gasteiger partial charge in [-0.15, -0.1) is 0 Å². The Bertz CT molecular complexity index is 1230. The lowest BCUT2D eigenvalue weighted by molar-refractivity contribution is -0.0498. The summed E-state index contributed by atoms with van der Waals surface area (Å²) in [6.45, 7) is -2.90. The molecule has 0 N–H and O–H groups in total. The predicted octanol–water partition coefficient (Wildman–Crippen LogP) is 6.04. The van der Waals surface area contributed by atoms with Crippen LogP contribution in [-0.2, 0) is 5.75 Å². The molecule has 0 fully saturated rings. The summed E-state index contributed by atoms with van der Waals surface area (Å²) in [7, 11) is 0. The predicted molar refractivity (Wildman–Crippen MR) is 118 cm³/mol. The van der Waals surface area contributed by atoms with E-state index < -0.39 is 6.61 Å². The van der Waals surface area contributed by atoms with E-state index in [1.165, 1.54) is 28.5 Å². The van der Waals surface area contributed by atoms with Gasteiger partial charge in [-0.25, -0.2) is 4.98 Å². The molecule has 4 rings (SSSR count). The van der Waals surface area contributed by atoms with Gasteiger partial charge in [-0.05, 0) is 54.1 Å². The first-order valence-corrected chi connectivity index (χ1v) is 10.7. The first kappa shape index (κ1) is 20.6. The fraction of sp³-hybridized carbons (Fsp3) is 0.0909. The second-order valence-electron chi connectivity index (χ2n) is 6.34. The summed E-state index contributed by atoms with van der Waals surface area (Å²) >= 11 is 4.85. The van der Waals surface area contributed by atoms with Crippen LogP contribution in [0.15, 0.2) is 87.2 Å². The molecule has 0 unspecified atom stereocenters. The molecule has 0 radical (unpaired) electrons. The van der Waals surface area contributed by atoms with Crippen LogP contribution in [0.4, 0.5) is 8.78 Å². The van der Waals surface area contributed by atoms with Crippen molar-refractivity contribution in [2.24, 2.45) is 0 Å². The highest BCUT2D eigenvalue weighted by Gasteiger charge is 2.14. The third-order valence-corrected chi connectivity index (χ3v) is 5.88. The number of ether oxygens (including phenoxy) is 1. The van der Waals surface area contributed by atoms with E-state index in [-0.39, 0.29) is 11.3 Å². The van der Waals surface area contributed by atoms with Crippen LogP contribution in [-0.4, -0.2) is 16.2 Å². The van der Waals surface area contributed by atoms with E-state index in [0.717, 1.165) is 10.0 Å². The summed E-state index contributed by atoms with van der Waals surface area (Å²) in [5.74, 6) is 0.643. The van der Waals surface area contributed by atoms with Gasteiger partial charge in [0.25, 0.3) is 5.56 Å². The summed E-state index contributed by atoms with van der Waals surface area (Å²) in [5.41, 5.74) is 1.99. The van der Waals surface area contributed by atoms with E-state index >= 15 is 0 Å². The second-order valence-corrected chi connectivity index (χ2v) is 8.20. The lowest BCUT2D eigenvalue weighted by Crippen LogP contribution is -2.21. The van der Waals surface area contributed by atoms with Gasteiger partial charge in [0.15, 0.2) is 5.16 Å². The maximum absolute atomic E-state index is 13.2. The molecule has 8 heteroatoms. The van der Waals surface area contributed by atoms with Crippen molar-refractivity contribution in [3.05, 3.63) is 93.2 Å². The van der Waals surface area contributed by atoms with Crippen LogP contribution in [0.25, 0.3) is 16.6 Å². The molecule has 0 spiro atoms. The number of thioether (sulfide) groups is 1. The fourth-order valence-corrected chi connectivity index (χ4v) is 4.17.